The number of benzene rings is 2. The fourth-order valence-corrected chi connectivity index (χ4v) is 2.14. The maximum Gasteiger partial charge on any atom is 0.317 e. The SMILES string of the molecule is CCc1oc(-c2ccccc2)nc1COc1ccccc1.O=S(=O)(Cl)Cl. The van der Waals surface area contributed by atoms with E-state index in [0.29, 0.717) is 12.5 Å². The van der Waals surface area contributed by atoms with Gasteiger partial charge in [0.15, 0.2) is 0 Å². The lowest BCUT2D eigenvalue weighted by Crippen LogP contribution is -1.98. The highest BCUT2D eigenvalue weighted by atomic mass is 36.0. The van der Waals surface area contributed by atoms with Gasteiger partial charge in [-0.1, -0.05) is 43.3 Å². The Labute approximate surface area is 161 Å². The first-order chi connectivity index (χ1) is 12.4. The molecule has 138 valence electrons. The summed E-state index contributed by atoms with van der Waals surface area (Å²) in [7, 11) is 4.81. The minimum atomic E-state index is -3.72. The highest BCUT2D eigenvalue weighted by molar-refractivity contribution is 8.31. The Morgan fingerprint density at radius 3 is 2.08 bits per heavy atom. The van der Waals surface area contributed by atoms with Gasteiger partial charge in [-0.15, -0.1) is 0 Å². The molecule has 0 aliphatic carbocycles. The molecule has 0 saturated heterocycles. The van der Waals surface area contributed by atoms with Gasteiger partial charge in [0.2, 0.25) is 5.89 Å². The Hall–Kier alpha value is -2.02. The van der Waals surface area contributed by atoms with Crippen LogP contribution >= 0.6 is 21.4 Å². The van der Waals surface area contributed by atoms with Crippen molar-refractivity contribution in [1.29, 1.82) is 0 Å². The summed E-state index contributed by atoms with van der Waals surface area (Å²) < 4.78 is 29.9. The van der Waals surface area contributed by atoms with Crippen LogP contribution in [0.15, 0.2) is 65.1 Å². The van der Waals surface area contributed by atoms with Crippen LogP contribution in [0.5, 0.6) is 5.75 Å². The minimum absolute atomic E-state index is 0.420. The van der Waals surface area contributed by atoms with Crippen LogP contribution in [0.3, 0.4) is 0 Å². The predicted molar refractivity (Wildman–Crippen MR) is 103 cm³/mol. The highest BCUT2D eigenvalue weighted by Gasteiger charge is 2.13. The first-order valence-electron chi connectivity index (χ1n) is 7.73. The molecule has 0 atom stereocenters. The zero-order chi connectivity index (χ0) is 19.0. The van der Waals surface area contributed by atoms with Crippen LogP contribution in [-0.4, -0.2) is 13.4 Å². The van der Waals surface area contributed by atoms with Crippen LogP contribution in [0.4, 0.5) is 0 Å². The standard InChI is InChI=1S/C18H17NO2.Cl2O2S/c1-2-17-16(13-20-15-11-7-4-8-12-15)19-18(21-17)14-9-5-3-6-10-14;1-5(2,3)4/h3-12H,2,13H2,1H3;. The number of aromatic nitrogens is 1. The summed E-state index contributed by atoms with van der Waals surface area (Å²) in [5.74, 6) is 2.37. The van der Waals surface area contributed by atoms with Crippen molar-refractivity contribution in [3.8, 4) is 17.2 Å². The fraction of sp³-hybridized carbons (Fsp3) is 0.167. The van der Waals surface area contributed by atoms with E-state index in [1.165, 1.54) is 0 Å². The van der Waals surface area contributed by atoms with Crippen LogP contribution in [0.2, 0.25) is 0 Å². The molecule has 3 rings (SSSR count). The van der Waals surface area contributed by atoms with Gasteiger partial charge >= 0.3 is 8.26 Å². The summed E-state index contributed by atoms with van der Waals surface area (Å²) in [5.41, 5.74) is 1.85. The number of halogens is 2. The van der Waals surface area contributed by atoms with E-state index >= 15 is 0 Å². The van der Waals surface area contributed by atoms with Gasteiger partial charge in [-0.25, -0.2) is 4.98 Å². The molecule has 1 aromatic heterocycles. The molecule has 0 spiro atoms. The summed E-state index contributed by atoms with van der Waals surface area (Å²) >= 11 is 0. The topological polar surface area (TPSA) is 69.4 Å². The van der Waals surface area contributed by atoms with Crippen molar-refractivity contribution in [3.05, 3.63) is 72.1 Å². The van der Waals surface area contributed by atoms with Crippen LogP contribution in [-0.2, 0) is 21.3 Å². The van der Waals surface area contributed by atoms with Crippen molar-refractivity contribution in [3.63, 3.8) is 0 Å². The van der Waals surface area contributed by atoms with Gasteiger partial charge in [0, 0.05) is 33.3 Å². The highest BCUT2D eigenvalue weighted by Crippen LogP contribution is 2.23. The molecule has 2 aromatic carbocycles. The molecule has 0 aliphatic heterocycles. The van der Waals surface area contributed by atoms with Crippen LogP contribution in [0.1, 0.15) is 18.4 Å². The normalized spacial score (nSPS) is 10.7. The molecule has 0 N–H and O–H groups in total. The van der Waals surface area contributed by atoms with E-state index < -0.39 is 8.26 Å². The number of rotatable bonds is 5. The Bertz CT molecular complexity index is 905. The Kier molecular flexibility index (Phi) is 7.50. The van der Waals surface area contributed by atoms with Gasteiger partial charge in [0.05, 0.1) is 0 Å². The maximum atomic E-state index is 9.16. The van der Waals surface area contributed by atoms with E-state index in [2.05, 4.69) is 33.3 Å². The number of hydrogen-bond acceptors (Lipinski definition) is 5. The van der Waals surface area contributed by atoms with Crippen molar-refractivity contribution < 1.29 is 17.6 Å². The van der Waals surface area contributed by atoms with E-state index in [1.807, 2.05) is 60.7 Å². The van der Waals surface area contributed by atoms with E-state index in [9.17, 15) is 0 Å². The van der Waals surface area contributed by atoms with Gasteiger partial charge in [0.25, 0.3) is 0 Å². The average molecular weight is 414 g/mol. The largest absolute Gasteiger partial charge is 0.487 e. The number of aryl methyl sites for hydroxylation is 1. The summed E-state index contributed by atoms with van der Waals surface area (Å²) in [6.45, 7) is 2.48. The van der Waals surface area contributed by atoms with Gasteiger partial charge < -0.3 is 9.15 Å². The Balaban J connectivity index is 0.000000431. The summed E-state index contributed by atoms with van der Waals surface area (Å²) in [5, 5.41) is 0. The second kappa shape index (κ2) is 9.62. The summed E-state index contributed by atoms with van der Waals surface area (Å²) in [6, 6.07) is 19.7. The van der Waals surface area contributed by atoms with Crippen molar-refractivity contribution in [2.24, 2.45) is 0 Å². The predicted octanol–water partition coefficient (Wildman–Crippen LogP) is 5.19. The van der Waals surface area contributed by atoms with E-state index in [0.717, 1.165) is 29.2 Å². The lowest BCUT2D eigenvalue weighted by atomic mass is 10.2. The van der Waals surface area contributed by atoms with Crippen molar-refractivity contribution in [2.45, 2.75) is 20.0 Å². The Morgan fingerprint density at radius 2 is 1.54 bits per heavy atom. The third-order valence-electron chi connectivity index (χ3n) is 3.24. The first kappa shape index (κ1) is 20.3. The minimum Gasteiger partial charge on any atom is -0.487 e. The molecule has 0 fully saturated rings. The number of hydrogen-bond donors (Lipinski definition) is 0. The van der Waals surface area contributed by atoms with E-state index in [4.69, 9.17) is 17.6 Å². The number of nitrogens with zero attached hydrogens (tertiary/aromatic N) is 1. The molecule has 0 bridgehead atoms. The molecular formula is C18H17Cl2NO4S. The molecule has 0 radical (unpaired) electrons. The van der Waals surface area contributed by atoms with Crippen LogP contribution in [0.25, 0.3) is 11.5 Å². The third-order valence-corrected chi connectivity index (χ3v) is 3.24. The van der Waals surface area contributed by atoms with Gasteiger partial charge in [-0.2, -0.15) is 8.42 Å². The smallest absolute Gasteiger partial charge is 0.317 e. The van der Waals surface area contributed by atoms with Gasteiger partial charge in [-0.05, 0) is 24.3 Å². The van der Waals surface area contributed by atoms with E-state index in [-0.39, 0.29) is 0 Å². The molecule has 0 amide bonds. The van der Waals surface area contributed by atoms with Crippen LogP contribution < -0.4 is 4.74 Å². The summed E-state index contributed by atoms with van der Waals surface area (Å²) in [6.07, 6.45) is 0.799. The lowest BCUT2D eigenvalue weighted by Gasteiger charge is -2.03. The molecule has 0 unspecified atom stereocenters. The summed E-state index contributed by atoms with van der Waals surface area (Å²) in [4.78, 5) is 4.57. The molecule has 8 heteroatoms. The fourth-order valence-electron chi connectivity index (χ4n) is 2.14. The Morgan fingerprint density at radius 1 is 1.00 bits per heavy atom. The molecule has 5 nitrogen and oxygen atoms in total. The third kappa shape index (κ3) is 7.07. The first-order valence-corrected chi connectivity index (χ1v) is 10.9. The average Bonchev–Trinajstić information content (AvgIpc) is 3.03. The lowest BCUT2D eigenvalue weighted by molar-refractivity contribution is 0.298. The van der Waals surface area contributed by atoms with Crippen molar-refractivity contribution >= 4 is 29.6 Å². The van der Waals surface area contributed by atoms with Crippen LogP contribution in [0, 0.1) is 0 Å². The molecule has 0 aliphatic rings. The van der Waals surface area contributed by atoms with Crippen molar-refractivity contribution in [1.82, 2.24) is 4.98 Å². The second-order valence-electron chi connectivity index (χ2n) is 5.09. The molecule has 3 aromatic rings. The molecule has 26 heavy (non-hydrogen) atoms. The second-order valence-corrected chi connectivity index (χ2v) is 8.76. The maximum absolute atomic E-state index is 9.16. The molecule has 1 heterocycles. The van der Waals surface area contributed by atoms with Gasteiger partial charge in [0.1, 0.15) is 23.8 Å². The number of para-hydroxylation sites is 1. The number of oxazole rings is 1. The number of ether oxygens (including phenoxy) is 1. The van der Waals surface area contributed by atoms with Crippen molar-refractivity contribution in [2.75, 3.05) is 0 Å². The van der Waals surface area contributed by atoms with E-state index in [1.54, 1.807) is 0 Å². The zero-order valence-corrected chi connectivity index (χ0v) is 16.3. The van der Waals surface area contributed by atoms with Gasteiger partial charge in [-0.3, -0.25) is 0 Å². The quantitative estimate of drug-likeness (QED) is 0.538. The monoisotopic (exact) mass is 413 g/mol. The molecule has 0 saturated carbocycles. The molecular weight excluding hydrogens is 397 g/mol. The zero-order valence-electron chi connectivity index (χ0n) is 13.9.